The molecule has 8 N–H and O–H groups in total. The predicted molar refractivity (Wildman–Crippen MR) is 72.1 cm³/mol. The fourth-order valence-electron chi connectivity index (χ4n) is 1.87. The maximum Gasteiger partial charge on any atom is 0.184 e. The van der Waals surface area contributed by atoms with Gasteiger partial charge in [0.2, 0.25) is 0 Å². The molecule has 5 atom stereocenters. The number of imidazole rings is 1. The number of nitrogen functional groups attached to an aromatic ring is 1. The van der Waals surface area contributed by atoms with Crippen LogP contribution in [0.4, 0.5) is 5.82 Å². The van der Waals surface area contributed by atoms with Gasteiger partial charge in [-0.3, -0.25) is 0 Å². The van der Waals surface area contributed by atoms with E-state index in [1.165, 1.54) is 12.7 Å². The molecule has 2 aromatic heterocycles. The zero-order valence-electron chi connectivity index (χ0n) is 11.3. The topological polar surface area (TPSA) is 191 Å². The molecule has 1 fully saturated rings. The zero-order valence-corrected chi connectivity index (χ0v) is 11.3. The number of H-pyrrole nitrogens is 1. The van der Waals surface area contributed by atoms with E-state index >= 15 is 0 Å². The number of anilines is 1. The van der Waals surface area contributed by atoms with E-state index in [4.69, 9.17) is 31.3 Å². The van der Waals surface area contributed by atoms with Crippen molar-refractivity contribution in [2.45, 2.75) is 30.7 Å². The van der Waals surface area contributed by atoms with E-state index < -0.39 is 37.3 Å². The summed E-state index contributed by atoms with van der Waals surface area (Å²) >= 11 is 0. The van der Waals surface area contributed by atoms with Crippen molar-refractivity contribution < 1.29 is 30.3 Å². The molecule has 0 amide bonds. The van der Waals surface area contributed by atoms with E-state index in [0.29, 0.717) is 17.0 Å². The van der Waals surface area contributed by atoms with Crippen molar-refractivity contribution in [1.82, 2.24) is 19.9 Å². The van der Waals surface area contributed by atoms with E-state index in [2.05, 4.69) is 24.7 Å². The first-order valence-corrected chi connectivity index (χ1v) is 6.33. The SMILES string of the molecule is Nc1ncnc2nc[nH]c12.OC[C@H]1OC(O)[C@H](O)[C@@H](O)[C@@H]1O. The molecule has 2 aromatic rings. The number of nitrogens with zero attached hydrogens (tertiary/aromatic N) is 3. The highest BCUT2D eigenvalue weighted by molar-refractivity contribution is 5.80. The number of aromatic amines is 1. The summed E-state index contributed by atoms with van der Waals surface area (Å²) in [4.78, 5) is 14.4. The van der Waals surface area contributed by atoms with Crippen LogP contribution in [0.1, 0.15) is 0 Å². The summed E-state index contributed by atoms with van der Waals surface area (Å²) in [5, 5.41) is 44.7. The van der Waals surface area contributed by atoms with Crippen molar-refractivity contribution >= 4 is 17.0 Å². The van der Waals surface area contributed by atoms with Crippen LogP contribution in [0.25, 0.3) is 11.2 Å². The highest BCUT2D eigenvalue weighted by atomic mass is 16.6. The van der Waals surface area contributed by atoms with Gasteiger partial charge in [0, 0.05) is 0 Å². The number of aromatic nitrogens is 4. The molecule has 0 aromatic carbocycles. The van der Waals surface area contributed by atoms with Crippen molar-refractivity contribution in [2.24, 2.45) is 0 Å². The molecule has 0 saturated carbocycles. The second-order valence-corrected chi connectivity index (χ2v) is 4.58. The lowest BCUT2D eigenvalue weighted by Gasteiger charge is -2.37. The number of rotatable bonds is 1. The maximum atomic E-state index is 9.12. The van der Waals surface area contributed by atoms with Gasteiger partial charge >= 0.3 is 0 Å². The molecular formula is C11H17N5O6. The van der Waals surface area contributed by atoms with Gasteiger partial charge in [0.05, 0.1) is 12.9 Å². The van der Waals surface area contributed by atoms with Gasteiger partial charge in [0.1, 0.15) is 36.3 Å². The van der Waals surface area contributed by atoms with E-state index in [9.17, 15) is 0 Å². The van der Waals surface area contributed by atoms with Crippen LogP contribution in [0, 0.1) is 0 Å². The lowest BCUT2D eigenvalue weighted by atomic mass is 10.00. The van der Waals surface area contributed by atoms with Crippen molar-refractivity contribution in [3.8, 4) is 0 Å². The number of aliphatic hydroxyl groups is 5. The molecule has 0 radical (unpaired) electrons. The minimum atomic E-state index is -1.57. The fourth-order valence-corrected chi connectivity index (χ4v) is 1.87. The van der Waals surface area contributed by atoms with E-state index in [0.717, 1.165) is 0 Å². The molecule has 0 spiro atoms. The molecule has 22 heavy (non-hydrogen) atoms. The normalized spacial score (nSPS) is 31.6. The minimum Gasteiger partial charge on any atom is -0.394 e. The van der Waals surface area contributed by atoms with Crippen molar-refractivity contribution in [2.75, 3.05) is 12.3 Å². The zero-order chi connectivity index (χ0) is 16.3. The molecule has 1 saturated heterocycles. The lowest BCUT2D eigenvalue weighted by molar-refractivity contribution is -0.286. The predicted octanol–water partition coefficient (Wildman–Crippen LogP) is -3.29. The molecule has 0 aliphatic carbocycles. The van der Waals surface area contributed by atoms with Crippen LogP contribution >= 0.6 is 0 Å². The number of aliphatic hydroxyl groups excluding tert-OH is 5. The Morgan fingerprint density at radius 1 is 1.09 bits per heavy atom. The number of fused-ring (bicyclic) bond motifs is 1. The Hall–Kier alpha value is -1.89. The van der Waals surface area contributed by atoms with Gasteiger partial charge in [-0.15, -0.1) is 0 Å². The third kappa shape index (κ3) is 3.30. The van der Waals surface area contributed by atoms with Gasteiger partial charge in [-0.1, -0.05) is 0 Å². The summed E-state index contributed by atoms with van der Waals surface area (Å²) in [6.07, 6.45) is -4.12. The van der Waals surface area contributed by atoms with Gasteiger partial charge in [-0.2, -0.15) is 0 Å². The number of ether oxygens (including phenoxy) is 1. The Morgan fingerprint density at radius 3 is 2.45 bits per heavy atom. The molecule has 11 heteroatoms. The highest BCUT2D eigenvalue weighted by Crippen LogP contribution is 2.19. The minimum absolute atomic E-state index is 0.433. The standard InChI is InChI=1S/C6H12O6.C5H5N5/c7-1-2-3(8)4(9)5(10)6(11)12-2;6-4-3-5(9-1-7-3)10-2-8-4/h2-11H,1H2;1-2H,(H3,6,7,8,9,10)/t2-,3-,4+,5-,6?;/m1./s1. The average molecular weight is 315 g/mol. The Kier molecular flexibility index (Phi) is 5.18. The Labute approximate surface area is 124 Å². The van der Waals surface area contributed by atoms with Crippen LogP contribution in [0.3, 0.4) is 0 Å². The van der Waals surface area contributed by atoms with Crippen LogP contribution in [0.5, 0.6) is 0 Å². The van der Waals surface area contributed by atoms with Gasteiger partial charge in [0.25, 0.3) is 0 Å². The smallest absolute Gasteiger partial charge is 0.184 e. The molecule has 11 nitrogen and oxygen atoms in total. The third-order valence-corrected chi connectivity index (χ3v) is 3.12. The van der Waals surface area contributed by atoms with Crippen LogP contribution in [0.2, 0.25) is 0 Å². The highest BCUT2D eigenvalue weighted by Gasteiger charge is 2.42. The van der Waals surface area contributed by atoms with Crippen LogP contribution < -0.4 is 5.73 Å². The summed E-state index contributed by atoms with van der Waals surface area (Å²) in [6.45, 7) is -0.526. The second-order valence-electron chi connectivity index (χ2n) is 4.58. The Balaban J connectivity index is 0.000000162. The molecule has 122 valence electrons. The quantitative estimate of drug-likeness (QED) is 0.280. The second kappa shape index (κ2) is 6.91. The molecule has 3 rings (SSSR count). The molecule has 1 aliphatic heterocycles. The summed E-state index contributed by atoms with van der Waals surface area (Å²) in [5.41, 5.74) is 6.78. The van der Waals surface area contributed by atoms with Crippen molar-refractivity contribution in [3.05, 3.63) is 12.7 Å². The van der Waals surface area contributed by atoms with Gasteiger partial charge in [0.15, 0.2) is 17.8 Å². The largest absolute Gasteiger partial charge is 0.394 e. The monoisotopic (exact) mass is 315 g/mol. The van der Waals surface area contributed by atoms with E-state index in [1.54, 1.807) is 0 Å². The van der Waals surface area contributed by atoms with Crippen LogP contribution in [0.15, 0.2) is 12.7 Å². The Morgan fingerprint density at radius 2 is 1.82 bits per heavy atom. The van der Waals surface area contributed by atoms with Gasteiger partial charge in [-0.25, -0.2) is 15.0 Å². The molecule has 3 heterocycles. The molecule has 0 bridgehead atoms. The summed E-state index contributed by atoms with van der Waals surface area (Å²) in [7, 11) is 0. The lowest BCUT2D eigenvalue weighted by Crippen LogP contribution is -2.58. The first-order valence-electron chi connectivity index (χ1n) is 6.33. The number of hydrogen-bond acceptors (Lipinski definition) is 10. The summed E-state index contributed by atoms with van der Waals surface area (Å²) in [5.74, 6) is 0.433. The Bertz CT molecular complexity index is 605. The van der Waals surface area contributed by atoms with E-state index in [-0.39, 0.29) is 0 Å². The maximum absolute atomic E-state index is 9.12. The third-order valence-electron chi connectivity index (χ3n) is 3.12. The first-order chi connectivity index (χ1) is 10.5. The first kappa shape index (κ1) is 16.5. The van der Waals surface area contributed by atoms with Gasteiger partial charge < -0.3 is 41.0 Å². The summed E-state index contributed by atoms with van der Waals surface area (Å²) in [6, 6.07) is 0. The van der Waals surface area contributed by atoms with Crippen LogP contribution in [-0.4, -0.2) is 82.8 Å². The molecule has 1 unspecified atom stereocenters. The molecule has 1 aliphatic rings. The average Bonchev–Trinajstić information content (AvgIpc) is 2.99. The fraction of sp³-hybridized carbons (Fsp3) is 0.545. The van der Waals surface area contributed by atoms with Crippen molar-refractivity contribution in [1.29, 1.82) is 0 Å². The van der Waals surface area contributed by atoms with Gasteiger partial charge in [-0.05, 0) is 0 Å². The molecular weight excluding hydrogens is 298 g/mol. The number of nitrogens with one attached hydrogen (secondary N) is 1. The van der Waals surface area contributed by atoms with Crippen molar-refractivity contribution in [3.63, 3.8) is 0 Å². The number of hydrogen-bond donors (Lipinski definition) is 7. The van der Waals surface area contributed by atoms with E-state index in [1.807, 2.05) is 0 Å². The van der Waals surface area contributed by atoms with Crippen LogP contribution in [-0.2, 0) is 4.74 Å². The summed E-state index contributed by atoms with van der Waals surface area (Å²) < 4.78 is 4.58. The number of nitrogens with two attached hydrogens (primary N) is 1.